The van der Waals surface area contributed by atoms with Gasteiger partial charge in [0.15, 0.2) is 6.10 Å². The molecule has 0 fully saturated rings. The van der Waals surface area contributed by atoms with Crippen LogP contribution in [0.15, 0.2) is 85.1 Å². The highest BCUT2D eigenvalue weighted by molar-refractivity contribution is 5.70. The Hall–Kier alpha value is -2.92. The van der Waals surface area contributed by atoms with E-state index in [4.69, 9.17) is 14.2 Å². The summed E-state index contributed by atoms with van der Waals surface area (Å²) in [6, 6.07) is 0. The minimum Gasteiger partial charge on any atom is -0.462 e. The Kier molecular flexibility index (Phi) is 53.9. The molecule has 0 amide bonds. The lowest BCUT2D eigenvalue weighted by Crippen LogP contribution is -2.30. The molecule has 0 aliphatic carbocycles. The van der Waals surface area contributed by atoms with E-state index in [9.17, 15) is 9.59 Å². The summed E-state index contributed by atoms with van der Waals surface area (Å²) >= 11 is 0. The first-order valence-corrected chi connectivity index (χ1v) is 28.1. The summed E-state index contributed by atoms with van der Waals surface area (Å²) in [5.41, 5.74) is 0. The molecule has 0 rings (SSSR count). The minimum absolute atomic E-state index is 0.0689. The van der Waals surface area contributed by atoms with Crippen LogP contribution in [-0.4, -0.2) is 37.9 Å². The molecule has 0 aromatic rings. The topological polar surface area (TPSA) is 61.8 Å². The van der Waals surface area contributed by atoms with Crippen LogP contribution in [0.1, 0.15) is 265 Å². The largest absolute Gasteiger partial charge is 0.462 e. The normalized spacial score (nSPS) is 12.8. The van der Waals surface area contributed by atoms with E-state index < -0.39 is 6.10 Å². The van der Waals surface area contributed by atoms with Crippen molar-refractivity contribution in [2.45, 2.75) is 271 Å². The average Bonchev–Trinajstić information content (AvgIpc) is 3.32. The van der Waals surface area contributed by atoms with Gasteiger partial charge in [0.05, 0.1) is 6.61 Å². The van der Waals surface area contributed by atoms with Gasteiger partial charge in [-0.25, -0.2) is 0 Å². The van der Waals surface area contributed by atoms with Gasteiger partial charge in [0.1, 0.15) is 6.61 Å². The molecule has 0 radical (unpaired) electrons. The fourth-order valence-electron chi connectivity index (χ4n) is 7.70. The van der Waals surface area contributed by atoms with E-state index in [0.29, 0.717) is 19.4 Å². The van der Waals surface area contributed by atoms with Gasteiger partial charge >= 0.3 is 11.9 Å². The molecule has 0 bridgehead atoms. The van der Waals surface area contributed by atoms with Crippen molar-refractivity contribution in [3.63, 3.8) is 0 Å². The molecule has 0 aromatic heterocycles. The third-order valence-electron chi connectivity index (χ3n) is 11.9. The highest BCUT2D eigenvalue weighted by atomic mass is 16.6. The van der Waals surface area contributed by atoms with Crippen LogP contribution in [-0.2, 0) is 23.8 Å². The first kappa shape index (κ1) is 63.1. The summed E-state index contributed by atoms with van der Waals surface area (Å²) in [6.07, 6.45) is 74.5. The number of carbonyl (C=O) groups is 2. The zero-order valence-corrected chi connectivity index (χ0v) is 43.7. The molecule has 0 spiro atoms. The number of carbonyl (C=O) groups excluding carboxylic acids is 2. The molecule has 66 heavy (non-hydrogen) atoms. The Balaban J connectivity index is 4.31. The third kappa shape index (κ3) is 53.7. The van der Waals surface area contributed by atoms with E-state index in [1.807, 2.05) is 0 Å². The lowest BCUT2D eigenvalue weighted by molar-refractivity contribution is -0.163. The zero-order chi connectivity index (χ0) is 47.7. The van der Waals surface area contributed by atoms with E-state index >= 15 is 0 Å². The highest BCUT2D eigenvalue weighted by Crippen LogP contribution is 2.14. The minimum atomic E-state index is -0.557. The Morgan fingerprint density at radius 3 is 1.09 bits per heavy atom. The summed E-state index contributed by atoms with van der Waals surface area (Å²) in [6.45, 7) is 7.64. The molecule has 0 aliphatic heterocycles. The predicted octanol–water partition coefficient (Wildman–Crippen LogP) is 19.2. The smallest absolute Gasteiger partial charge is 0.306 e. The van der Waals surface area contributed by atoms with Crippen molar-refractivity contribution in [3.8, 4) is 0 Å². The van der Waals surface area contributed by atoms with Crippen LogP contribution in [0.5, 0.6) is 0 Å². The fraction of sp³-hybridized carbons (Fsp3) is 0.738. The van der Waals surface area contributed by atoms with Crippen LogP contribution >= 0.6 is 0 Å². The maximum Gasteiger partial charge on any atom is 0.306 e. The number of rotatable bonds is 51. The predicted molar refractivity (Wildman–Crippen MR) is 288 cm³/mol. The molecule has 0 aliphatic rings. The van der Waals surface area contributed by atoms with E-state index in [2.05, 4.69) is 106 Å². The van der Waals surface area contributed by atoms with Crippen LogP contribution in [0.2, 0.25) is 0 Å². The van der Waals surface area contributed by atoms with Crippen molar-refractivity contribution < 1.29 is 23.8 Å². The van der Waals surface area contributed by atoms with Crippen molar-refractivity contribution in [1.29, 1.82) is 0 Å². The van der Waals surface area contributed by atoms with E-state index in [1.54, 1.807) is 0 Å². The summed E-state index contributed by atoms with van der Waals surface area (Å²) < 4.78 is 17.4. The molecule has 0 N–H and O–H groups in total. The number of hydrogen-bond acceptors (Lipinski definition) is 5. The maximum atomic E-state index is 12.8. The molecule has 0 aromatic carbocycles. The second-order valence-electron chi connectivity index (χ2n) is 18.4. The fourth-order valence-corrected chi connectivity index (χ4v) is 7.70. The number of esters is 2. The maximum absolute atomic E-state index is 12.8. The lowest BCUT2D eigenvalue weighted by atomic mass is 10.1. The van der Waals surface area contributed by atoms with Gasteiger partial charge in [0.25, 0.3) is 0 Å². The molecular formula is C61H106O5. The molecular weight excluding hydrogens is 813 g/mol. The van der Waals surface area contributed by atoms with Gasteiger partial charge in [0.2, 0.25) is 0 Å². The van der Waals surface area contributed by atoms with Gasteiger partial charge in [-0.2, -0.15) is 0 Å². The van der Waals surface area contributed by atoms with Crippen LogP contribution in [0, 0.1) is 0 Å². The van der Waals surface area contributed by atoms with Crippen molar-refractivity contribution in [2.24, 2.45) is 0 Å². The second-order valence-corrected chi connectivity index (χ2v) is 18.4. The van der Waals surface area contributed by atoms with Crippen LogP contribution in [0.3, 0.4) is 0 Å². The Bertz CT molecular complexity index is 1220. The van der Waals surface area contributed by atoms with Gasteiger partial charge in [-0.3, -0.25) is 9.59 Å². The highest BCUT2D eigenvalue weighted by Gasteiger charge is 2.17. The molecule has 5 nitrogen and oxygen atoms in total. The number of ether oxygens (including phenoxy) is 3. The van der Waals surface area contributed by atoms with Crippen LogP contribution in [0.25, 0.3) is 0 Å². The standard InChI is InChI=1S/C61H106O5/c1-4-7-10-13-16-19-22-25-28-30-31-32-34-36-39-42-45-48-51-54-60(62)65-58-59(57-64-56-53-50-47-44-41-38-35-29-26-23-20-17-14-11-8-5-2)66-61(63)55-52-49-46-43-40-37-33-27-24-21-18-15-12-9-6-3/h9,12,16-21,25-29,33,59H,4-8,10-11,13-15,22-24,30-32,34-58H2,1-3H3/b12-9-,19-16-,20-17-,21-18-,28-25-,29-26-,33-27-. The number of unbranched alkanes of at least 4 members (excludes halogenated alkanes) is 26. The van der Waals surface area contributed by atoms with Crippen molar-refractivity contribution in [1.82, 2.24) is 0 Å². The molecule has 0 saturated carbocycles. The first-order chi connectivity index (χ1) is 32.6. The lowest BCUT2D eigenvalue weighted by Gasteiger charge is -2.18. The Morgan fingerprint density at radius 1 is 0.348 bits per heavy atom. The SMILES string of the molecule is CC/C=C\C/C=C\C/C=C\CCCCCCCC(=O)OC(COCCCCCCCC/C=C\C/C=C\CCCCC)COC(=O)CCCCCCCCCCC/C=C\C/C=C\CCCCC. The summed E-state index contributed by atoms with van der Waals surface area (Å²) in [5.74, 6) is -0.424. The van der Waals surface area contributed by atoms with Crippen molar-refractivity contribution >= 4 is 11.9 Å². The second kappa shape index (κ2) is 56.4. The van der Waals surface area contributed by atoms with Gasteiger partial charge in [-0.15, -0.1) is 0 Å². The summed E-state index contributed by atoms with van der Waals surface area (Å²) in [5, 5.41) is 0. The van der Waals surface area contributed by atoms with Crippen molar-refractivity contribution in [2.75, 3.05) is 19.8 Å². The van der Waals surface area contributed by atoms with Gasteiger partial charge < -0.3 is 14.2 Å². The monoisotopic (exact) mass is 919 g/mol. The Labute approximate surface area is 409 Å². The van der Waals surface area contributed by atoms with E-state index in [0.717, 1.165) is 89.9 Å². The molecule has 0 heterocycles. The van der Waals surface area contributed by atoms with Gasteiger partial charge in [-0.05, 0) is 116 Å². The van der Waals surface area contributed by atoms with E-state index in [-0.39, 0.29) is 25.2 Å². The van der Waals surface area contributed by atoms with Crippen LogP contribution < -0.4 is 0 Å². The molecule has 1 atom stereocenters. The number of hydrogen-bond donors (Lipinski definition) is 0. The quantitative estimate of drug-likeness (QED) is 0.0346. The zero-order valence-electron chi connectivity index (χ0n) is 43.7. The average molecular weight is 920 g/mol. The van der Waals surface area contributed by atoms with Crippen LogP contribution in [0.4, 0.5) is 0 Å². The molecule has 380 valence electrons. The summed E-state index contributed by atoms with van der Waals surface area (Å²) in [4.78, 5) is 25.5. The third-order valence-corrected chi connectivity index (χ3v) is 11.9. The summed E-state index contributed by atoms with van der Waals surface area (Å²) in [7, 11) is 0. The van der Waals surface area contributed by atoms with Gasteiger partial charge in [-0.1, -0.05) is 221 Å². The molecule has 1 unspecified atom stereocenters. The first-order valence-electron chi connectivity index (χ1n) is 28.1. The molecule has 5 heteroatoms. The number of allylic oxidation sites excluding steroid dienone is 14. The molecule has 0 saturated heterocycles. The van der Waals surface area contributed by atoms with Crippen molar-refractivity contribution in [3.05, 3.63) is 85.1 Å². The van der Waals surface area contributed by atoms with E-state index in [1.165, 1.54) is 141 Å². The van der Waals surface area contributed by atoms with Gasteiger partial charge in [0, 0.05) is 19.4 Å². The Morgan fingerprint density at radius 2 is 0.682 bits per heavy atom.